The number of hydrogen-bond donors (Lipinski definition) is 0. The number of rotatable bonds is 6. The molecule has 4 heteroatoms. The fraction of sp³-hybridized carbons (Fsp3) is 1.00. The maximum absolute atomic E-state index is 5.39. The summed E-state index contributed by atoms with van der Waals surface area (Å²) < 4.78 is 7.79. The third-order valence-corrected chi connectivity index (χ3v) is 8.79. The van der Waals surface area contributed by atoms with Crippen LogP contribution in [-0.2, 0) is 4.74 Å². The van der Waals surface area contributed by atoms with E-state index in [2.05, 4.69) is 43.6 Å². The monoisotopic (exact) mass is 249 g/mol. The van der Waals surface area contributed by atoms with Crippen molar-refractivity contribution in [1.29, 1.82) is 0 Å². The van der Waals surface area contributed by atoms with Gasteiger partial charge in [0.15, 0.2) is 0 Å². The van der Waals surface area contributed by atoms with Crippen molar-refractivity contribution in [3.8, 4) is 0 Å². The van der Waals surface area contributed by atoms with Gasteiger partial charge in [-0.25, -0.2) is 4.31 Å². The summed E-state index contributed by atoms with van der Waals surface area (Å²) in [5, 5.41) is 0. The van der Waals surface area contributed by atoms with Crippen molar-refractivity contribution < 1.29 is 4.74 Å². The Labute approximate surface area is 99.8 Å². The molecule has 0 bridgehead atoms. The van der Waals surface area contributed by atoms with Gasteiger partial charge in [0, 0.05) is 6.54 Å². The third-order valence-electron chi connectivity index (χ3n) is 2.80. The van der Waals surface area contributed by atoms with Crippen LogP contribution in [0.2, 0.25) is 0 Å². The summed E-state index contributed by atoms with van der Waals surface area (Å²) in [6, 6.07) is 0. The molecule has 0 spiro atoms. The van der Waals surface area contributed by atoms with E-state index >= 15 is 0 Å². The van der Waals surface area contributed by atoms with Crippen LogP contribution in [0, 0.1) is 5.92 Å². The van der Waals surface area contributed by atoms with E-state index < -0.39 is 0 Å². The normalized spacial score (nSPS) is 22.2. The minimum atomic E-state index is 0.0901. The SMILES string of the molecule is CCCP(SN1CCOC1)C(C)C(C)C. The summed E-state index contributed by atoms with van der Waals surface area (Å²) in [5.74, 6) is 0.804. The Balaban J connectivity index is 2.41. The van der Waals surface area contributed by atoms with Crippen molar-refractivity contribution in [2.24, 2.45) is 5.92 Å². The van der Waals surface area contributed by atoms with Gasteiger partial charge in [0.05, 0.1) is 6.61 Å². The Kier molecular flexibility index (Phi) is 6.52. The molecule has 2 nitrogen and oxygen atoms in total. The minimum Gasteiger partial charge on any atom is -0.364 e. The van der Waals surface area contributed by atoms with E-state index in [1.165, 1.54) is 12.6 Å². The van der Waals surface area contributed by atoms with Crippen molar-refractivity contribution in [2.45, 2.75) is 39.8 Å². The molecular formula is C11H24NOPS. The van der Waals surface area contributed by atoms with Gasteiger partial charge in [-0.1, -0.05) is 34.1 Å². The third kappa shape index (κ3) is 4.60. The van der Waals surface area contributed by atoms with Gasteiger partial charge >= 0.3 is 0 Å². The molecule has 0 N–H and O–H groups in total. The van der Waals surface area contributed by atoms with Crippen LogP contribution in [0.1, 0.15) is 34.1 Å². The number of nitrogens with zero attached hydrogens (tertiary/aromatic N) is 1. The van der Waals surface area contributed by atoms with Gasteiger partial charge in [0.1, 0.15) is 6.73 Å². The van der Waals surface area contributed by atoms with Gasteiger partial charge in [0.25, 0.3) is 0 Å². The smallest absolute Gasteiger partial charge is 0.108 e. The molecule has 0 aromatic carbocycles. The summed E-state index contributed by atoms with van der Waals surface area (Å²) in [5.41, 5.74) is 0.852. The van der Waals surface area contributed by atoms with Crippen LogP contribution in [0.4, 0.5) is 0 Å². The Hall–Kier alpha value is 0.700. The molecule has 0 aromatic heterocycles. The highest BCUT2D eigenvalue weighted by Crippen LogP contribution is 2.57. The lowest BCUT2D eigenvalue weighted by Gasteiger charge is -2.29. The highest BCUT2D eigenvalue weighted by atomic mass is 32.7. The molecule has 1 fully saturated rings. The number of ether oxygens (including phenoxy) is 1. The molecule has 0 aromatic rings. The predicted molar refractivity (Wildman–Crippen MR) is 71.5 cm³/mol. The van der Waals surface area contributed by atoms with Crippen LogP contribution < -0.4 is 0 Å². The second-order valence-electron chi connectivity index (χ2n) is 4.45. The zero-order valence-corrected chi connectivity index (χ0v) is 12.1. The van der Waals surface area contributed by atoms with Crippen LogP contribution in [0.3, 0.4) is 0 Å². The highest BCUT2D eigenvalue weighted by molar-refractivity contribution is 8.54. The lowest BCUT2D eigenvalue weighted by molar-refractivity contribution is 0.176. The van der Waals surface area contributed by atoms with Crippen molar-refractivity contribution in [3.63, 3.8) is 0 Å². The number of hydrogen-bond acceptors (Lipinski definition) is 3. The van der Waals surface area contributed by atoms with E-state index in [9.17, 15) is 0 Å². The topological polar surface area (TPSA) is 12.5 Å². The largest absolute Gasteiger partial charge is 0.364 e. The quantitative estimate of drug-likeness (QED) is 0.525. The highest BCUT2D eigenvalue weighted by Gasteiger charge is 2.24. The molecule has 0 aliphatic carbocycles. The van der Waals surface area contributed by atoms with Gasteiger partial charge in [-0.15, -0.1) is 0 Å². The molecule has 1 heterocycles. The second-order valence-corrected chi connectivity index (χ2v) is 9.12. The molecule has 1 rings (SSSR count). The summed E-state index contributed by atoms with van der Waals surface area (Å²) in [7, 11) is 0.0901. The summed E-state index contributed by atoms with van der Waals surface area (Å²) in [6.45, 7) is 12.3. The van der Waals surface area contributed by atoms with E-state index in [4.69, 9.17) is 4.74 Å². The second kappa shape index (κ2) is 7.11. The average molecular weight is 249 g/mol. The standard InChI is InChI=1S/C11H24NOPS/c1-5-8-14(11(4)10(2)3)15-12-6-7-13-9-12/h10-11H,5-9H2,1-4H3. The summed E-state index contributed by atoms with van der Waals surface area (Å²) in [6.07, 6.45) is 2.69. The lowest BCUT2D eigenvalue weighted by atomic mass is 10.2. The molecule has 0 radical (unpaired) electrons. The van der Waals surface area contributed by atoms with Crippen LogP contribution in [0.15, 0.2) is 0 Å². The molecular weight excluding hydrogens is 225 g/mol. The van der Waals surface area contributed by atoms with E-state index in [0.29, 0.717) is 0 Å². The van der Waals surface area contributed by atoms with Gasteiger partial charge in [-0.3, -0.25) is 0 Å². The molecule has 90 valence electrons. The molecule has 1 aliphatic rings. The predicted octanol–water partition coefficient (Wildman–Crippen LogP) is 3.78. The van der Waals surface area contributed by atoms with Gasteiger partial charge in [-0.05, 0) is 36.4 Å². The van der Waals surface area contributed by atoms with Crippen LogP contribution in [-0.4, -0.2) is 36.0 Å². The van der Waals surface area contributed by atoms with Crippen molar-refractivity contribution in [1.82, 2.24) is 4.31 Å². The lowest BCUT2D eigenvalue weighted by Crippen LogP contribution is -2.15. The van der Waals surface area contributed by atoms with Gasteiger partial charge in [-0.2, -0.15) is 0 Å². The molecule has 15 heavy (non-hydrogen) atoms. The first-order chi connectivity index (χ1) is 7.15. The van der Waals surface area contributed by atoms with Crippen LogP contribution in [0.5, 0.6) is 0 Å². The Morgan fingerprint density at radius 3 is 2.60 bits per heavy atom. The first kappa shape index (κ1) is 13.8. The van der Waals surface area contributed by atoms with Crippen molar-refractivity contribution >= 4 is 18.7 Å². The zero-order chi connectivity index (χ0) is 11.3. The Morgan fingerprint density at radius 1 is 1.40 bits per heavy atom. The van der Waals surface area contributed by atoms with Crippen LogP contribution in [0.25, 0.3) is 0 Å². The van der Waals surface area contributed by atoms with E-state index in [1.54, 1.807) is 0 Å². The fourth-order valence-electron chi connectivity index (χ4n) is 1.48. The zero-order valence-electron chi connectivity index (χ0n) is 10.4. The fourth-order valence-corrected chi connectivity index (χ4v) is 7.05. The summed E-state index contributed by atoms with van der Waals surface area (Å²) in [4.78, 5) is 0. The van der Waals surface area contributed by atoms with Gasteiger partial charge < -0.3 is 4.74 Å². The Bertz CT molecular complexity index is 174. The molecule has 0 amide bonds. The van der Waals surface area contributed by atoms with Crippen molar-refractivity contribution in [2.75, 3.05) is 26.0 Å². The first-order valence-electron chi connectivity index (χ1n) is 5.92. The molecule has 2 unspecified atom stereocenters. The molecule has 1 aliphatic heterocycles. The maximum Gasteiger partial charge on any atom is 0.108 e. The van der Waals surface area contributed by atoms with E-state index in [0.717, 1.165) is 31.5 Å². The molecule has 0 saturated carbocycles. The Morgan fingerprint density at radius 2 is 2.13 bits per heavy atom. The van der Waals surface area contributed by atoms with Crippen LogP contribution >= 0.6 is 18.7 Å². The van der Waals surface area contributed by atoms with Crippen molar-refractivity contribution in [3.05, 3.63) is 0 Å². The minimum absolute atomic E-state index is 0.0901. The summed E-state index contributed by atoms with van der Waals surface area (Å²) >= 11 is 2.09. The maximum atomic E-state index is 5.39. The van der Waals surface area contributed by atoms with Gasteiger partial charge in [0.2, 0.25) is 0 Å². The van der Waals surface area contributed by atoms with E-state index in [1.807, 2.05) is 0 Å². The van der Waals surface area contributed by atoms with E-state index in [-0.39, 0.29) is 7.12 Å². The first-order valence-corrected chi connectivity index (χ1v) is 8.90. The molecule has 1 saturated heterocycles. The molecule has 2 atom stereocenters. The average Bonchev–Trinajstić information content (AvgIpc) is 2.68.